The predicted octanol–water partition coefficient (Wildman–Crippen LogP) is 1.25. The first-order chi connectivity index (χ1) is 9.70. The lowest BCUT2D eigenvalue weighted by molar-refractivity contribution is -0.128. The van der Waals surface area contributed by atoms with Crippen LogP contribution in [0.3, 0.4) is 0 Å². The van der Waals surface area contributed by atoms with Crippen LogP contribution in [0.5, 0.6) is 5.75 Å². The summed E-state index contributed by atoms with van der Waals surface area (Å²) < 4.78 is 5.60. The summed E-state index contributed by atoms with van der Waals surface area (Å²) in [7, 11) is 0. The molecule has 2 bridgehead atoms. The summed E-state index contributed by atoms with van der Waals surface area (Å²) in [6.45, 7) is 1.78. The summed E-state index contributed by atoms with van der Waals surface area (Å²) in [4.78, 5) is 16.1. The number of carbonyl (C=O) groups is 1. The number of nitrogens with one attached hydrogen (secondary N) is 2. The van der Waals surface area contributed by atoms with Crippen LogP contribution in [0.2, 0.25) is 0 Å². The van der Waals surface area contributed by atoms with E-state index in [2.05, 4.69) is 15.6 Å². The van der Waals surface area contributed by atoms with E-state index in [1.807, 2.05) is 6.07 Å². The number of rotatable bonds is 4. The zero-order chi connectivity index (χ0) is 13.9. The number of fused-ring (bicyclic) bond motifs is 2. The summed E-state index contributed by atoms with van der Waals surface area (Å²) in [5, 5.41) is 6.69. The van der Waals surface area contributed by atoms with E-state index in [0.29, 0.717) is 17.8 Å². The standard InChI is InChI=1S/C15H21N3O2/c1-10(20-14-3-2-6-16-9-14)15(19)18-13-7-11-4-5-12(8-13)17-11/h2-3,6,9-13,17H,4-5,7-8H2,1H3,(H,18,19). The minimum atomic E-state index is -0.494. The molecule has 2 fully saturated rings. The number of hydrogen-bond donors (Lipinski definition) is 2. The van der Waals surface area contributed by atoms with Gasteiger partial charge in [-0.1, -0.05) is 0 Å². The Kier molecular flexibility index (Phi) is 3.87. The molecule has 0 spiro atoms. The number of piperidine rings is 1. The molecule has 2 aliphatic rings. The molecule has 2 aliphatic heterocycles. The Hall–Kier alpha value is -1.62. The molecule has 5 heteroatoms. The molecule has 20 heavy (non-hydrogen) atoms. The Morgan fingerprint density at radius 1 is 1.45 bits per heavy atom. The quantitative estimate of drug-likeness (QED) is 0.868. The van der Waals surface area contributed by atoms with E-state index >= 15 is 0 Å². The van der Waals surface area contributed by atoms with Gasteiger partial charge in [0.2, 0.25) is 0 Å². The Bertz CT molecular complexity index is 453. The zero-order valence-corrected chi connectivity index (χ0v) is 11.7. The summed E-state index contributed by atoms with van der Waals surface area (Å²) in [6.07, 6.45) is 7.34. The molecule has 1 aromatic rings. The van der Waals surface area contributed by atoms with Gasteiger partial charge in [0.15, 0.2) is 6.10 Å². The van der Waals surface area contributed by atoms with Gasteiger partial charge in [-0.3, -0.25) is 9.78 Å². The smallest absolute Gasteiger partial charge is 0.260 e. The second-order valence-corrected chi connectivity index (χ2v) is 5.76. The summed E-state index contributed by atoms with van der Waals surface area (Å²) in [5.74, 6) is 0.584. The van der Waals surface area contributed by atoms with Crippen LogP contribution < -0.4 is 15.4 Å². The molecule has 3 atom stereocenters. The third-order valence-electron chi connectivity index (χ3n) is 4.14. The van der Waals surface area contributed by atoms with E-state index in [-0.39, 0.29) is 11.9 Å². The van der Waals surface area contributed by atoms with Gasteiger partial charge in [-0.2, -0.15) is 0 Å². The first-order valence-corrected chi connectivity index (χ1v) is 7.34. The van der Waals surface area contributed by atoms with Gasteiger partial charge in [0, 0.05) is 24.3 Å². The average Bonchev–Trinajstić information content (AvgIpc) is 2.79. The normalized spacial score (nSPS) is 29.8. The van der Waals surface area contributed by atoms with Crippen LogP contribution in [0.25, 0.3) is 0 Å². The van der Waals surface area contributed by atoms with Gasteiger partial charge >= 0.3 is 0 Å². The van der Waals surface area contributed by atoms with Crippen LogP contribution in [0, 0.1) is 0 Å². The van der Waals surface area contributed by atoms with E-state index < -0.39 is 6.10 Å². The molecule has 2 saturated heterocycles. The molecule has 0 saturated carbocycles. The van der Waals surface area contributed by atoms with E-state index in [1.165, 1.54) is 12.8 Å². The monoisotopic (exact) mass is 275 g/mol. The van der Waals surface area contributed by atoms with Crippen molar-refractivity contribution in [3.63, 3.8) is 0 Å². The zero-order valence-electron chi connectivity index (χ0n) is 11.7. The molecular formula is C15H21N3O2. The highest BCUT2D eigenvalue weighted by molar-refractivity contribution is 5.81. The Morgan fingerprint density at radius 2 is 2.20 bits per heavy atom. The van der Waals surface area contributed by atoms with Crippen molar-refractivity contribution in [2.24, 2.45) is 0 Å². The topological polar surface area (TPSA) is 63.2 Å². The van der Waals surface area contributed by atoms with Gasteiger partial charge < -0.3 is 15.4 Å². The van der Waals surface area contributed by atoms with Gasteiger partial charge in [-0.25, -0.2) is 0 Å². The van der Waals surface area contributed by atoms with Crippen LogP contribution >= 0.6 is 0 Å². The highest BCUT2D eigenvalue weighted by atomic mass is 16.5. The van der Waals surface area contributed by atoms with Crippen molar-refractivity contribution < 1.29 is 9.53 Å². The lowest BCUT2D eigenvalue weighted by atomic mass is 9.99. The minimum Gasteiger partial charge on any atom is -0.479 e. The average molecular weight is 275 g/mol. The van der Waals surface area contributed by atoms with E-state index in [9.17, 15) is 4.79 Å². The molecule has 0 aliphatic carbocycles. The number of ether oxygens (including phenoxy) is 1. The maximum Gasteiger partial charge on any atom is 0.260 e. The highest BCUT2D eigenvalue weighted by Crippen LogP contribution is 2.26. The minimum absolute atomic E-state index is 0.0415. The van der Waals surface area contributed by atoms with Crippen molar-refractivity contribution in [1.82, 2.24) is 15.6 Å². The van der Waals surface area contributed by atoms with Crippen LogP contribution in [-0.4, -0.2) is 35.1 Å². The Morgan fingerprint density at radius 3 is 2.85 bits per heavy atom. The third-order valence-corrected chi connectivity index (χ3v) is 4.14. The van der Waals surface area contributed by atoms with Gasteiger partial charge in [0.25, 0.3) is 5.91 Å². The fourth-order valence-corrected chi connectivity index (χ4v) is 3.17. The summed E-state index contributed by atoms with van der Waals surface area (Å²) in [6, 6.07) is 5.04. The molecule has 0 aromatic carbocycles. The molecule has 2 N–H and O–H groups in total. The van der Waals surface area contributed by atoms with Crippen LogP contribution in [0.15, 0.2) is 24.5 Å². The molecule has 1 amide bonds. The number of carbonyl (C=O) groups excluding carboxylic acids is 1. The van der Waals surface area contributed by atoms with Crippen molar-refractivity contribution in [2.75, 3.05) is 0 Å². The number of hydrogen-bond acceptors (Lipinski definition) is 4. The predicted molar refractivity (Wildman–Crippen MR) is 75.4 cm³/mol. The fraction of sp³-hybridized carbons (Fsp3) is 0.600. The van der Waals surface area contributed by atoms with E-state index in [0.717, 1.165) is 12.8 Å². The van der Waals surface area contributed by atoms with Crippen molar-refractivity contribution in [3.05, 3.63) is 24.5 Å². The van der Waals surface area contributed by atoms with E-state index in [1.54, 1.807) is 25.4 Å². The van der Waals surface area contributed by atoms with Gasteiger partial charge in [0.1, 0.15) is 5.75 Å². The Labute approximate surface area is 119 Å². The lowest BCUT2D eigenvalue weighted by Crippen LogP contribution is -2.50. The van der Waals surface area contributed by atoms with Crippen LogP contribution in [-0.2, 0) is 4.79 Å². The van der Waals surface area contributed by atoms with Gasteiger partial charge in [-0.15, -0.1) is 0 Å². The van der Waals surface area contributed by atoms with Crippen LogP contribution in [0.4, 0.5) is 0 Å². The molecule has 3 rings (SSSR count). The van der Waals surface area contributed by atoms with Gasteiger partial charge in [-0.05, 0) is 44.7 Å². The molecular weight excluding hydrogens is 254 g/mol. The molecule has 108 valence electrons. The van der Waals surface area contributed by atoms with Crippen molar-refractivity contribution in [2.45, 2.75) is 56.8 Å². The van der Waals surface area contributed by atoms with E-state index in [4.69, 9.17) is 4.74 Å². The highest BCUT2D eigenvalue weighted by Gasteiger charge is 2.34. The molecule has 0 radical (unpaired) electrons. The maximum atomic E-state index is 12.2. The molecule has 1 aromatic heterocycles. The second kappa shape index (κ2) is 5.79. The number of pyridine rings is 1. The first-order valence-electron chi connectivity index (χ1n) is 7.34. The number of aromatic nitrogens is 1. The maximum absolute atomic E-state index is 12.2. The molecule has 5 nitrogen and oxygen atoms in total. The van der Waals surface area contributed by atoms with Crippen molar-refractivity contribution >= 4 is 5.91 Å². The summed E-state index contributed by atoms with van der Waals surface area (Å²) in [5.41, 5.74) is 0. The SMILES string of the molecule is CC(Oc1cccnc1)C(=O)NC1CC2CCC(C1)N2. The van der Waals surface area contributed by atoms with Crippen molar-refractivity contribution in [1.29, 1.82) is 0 Å². The lowest BCUT2D eigenvalue weighted by Gasteiger charge is -2.30. The Balaban J connectivity index is 1.51. The second-order valence-electron chi connectivity index (χ2n) is 5.76. The van der Waals surface area contributed by atoms with Crippen molar-refractivity contribution in [3.8, 4) is 5.75 Å². The third kappa shape index (κ3) is 3.10. The molecule has 3 heterocycles. The summed E-state index contributed by atoms with van der Waals surface area (Å²) >= 11 is 0. The largest absolute Gasteiger partial charge is 0.479 e. The first kappa shape index (κ1) is 13.4. The molecule has 3 unspecified atom stereocenters. The number of amides is 1. The van der Waals surface area contributed by atoms with Crippen LogP contribution in [0.1, 0.15) is 32.6 Å². The fourth-order valence-electron chi connectivity index (χ4n) is 3.17. The van der Waals surface area contributed by atoms with Gasteiger partial charge in [0.05, 0.1) is 6.20 Å². The number of nitrogens with zero attached hydrogens (tertiary/aromatic N) is 1.